The lowest BCUT2D eigenvalue weighted by Gasteiger charge is -1.98. The third-order valence-corrected chi connectivity index (χ3v) is 4.07. The van der Waals surface area contributed by atoms with Crippen LogP contribution < -0.4 is 0 Å². The third kappa shape index (κ3) is 2.80. The van der Waals surface area contributed by atoms with Crippen molar-refractivity contribution in [1.29, 1.82) is 0 Å². The van der Waals surface area contributed by atoms with Gasteiger partial charge >= 0.3 is 0 Å². The molecule has 1 aromatic heterocycles. The summed E-state index contributed by atoms with van der Waals surface area (Å²) in [7, 11) is 0. The van der Waals surface area contributed by atoms with Gasteiger partial charge < -0.3 is 0 Å². The van der Waals surface area contributed by atoms with Gasteiger partial charge in [-0.2, -0.15) is 0 Å². The fourth-order valence-corrected chi connectivity index (χ4v) is 2.93. The van der Waals surface area contributed by atoms with Crippen LogP contribution in [0.1, 0.15) is 24.3 Å². The van der Waals surface area contributed by atoms with Crippen molar-refractivity contribution in [2.24, 2.45) is 0 Å². The van der Waals surface area contributed by atoms with Crippen LogP contribution in [0.25, 0.3) is 16.0 Å². The van der Waals surface area contributed by atoms with Crippen LogP contribution in [0.3, 0.4) is 0 Å². The first-order valence-corrected chi connectivity index (χ1v) is 7.02. The minimum Gasteiger partial charge on any atom is -0.135 e. The minimum atomic E-state index is 1.29. The quantitative estimate of drug-likeness (QED) is 0.616. The molecular formula is C17H18S. The predicted octanol–water partition coefficient (Wildman–Crippen LogP) is 5.70. The van der Waals surface area contributed by atoms with Gasteiger partial charge in [-0.3, -0.25) is 0 Å². The number of thiophene rings is 1. The average molecular weight is 254 g/mol. The molecule has 0 aliphatic heterocycles. The van der Waals surface area contributed by atoms with E-state index in [9.17, 15) is 0 Å². The molecule has 0 N–H and O–H groups in total. The smallest absolute Gasteiger partial charge is 0.0349 e. The highest BCUT2D eigenvalue weighted by molar-refractivity contribution is 7.16. The zero-order chi connectivity index (χ0) is 13.0. The average Bonchev–Trinajstić information content (AvgIpc) is 2.86. The van der Waals surface area contributed by atoms with E-state index in [2.05, 4.69) is 75.4 Å². The van der Waals surface area contributed by atoms with Crippen molar-refractivity contribution in [2.75, 3.05) is 0 Å². The topological polar surface area (TPSA) is 0 Å². The number of hydrogen-bond donors (Lipinski definition) is 0. The lowest BCUT2D eigenvalue weighted by Crippen LogP contribution is -1.73. The van der Waals surface area contributed by atoms with Gasteiger partial charge in [-0.15, -0.1) is 11.3 Å². The standard InChI is InChI=1S/C17H18S/c1-4-6-14(5-2)16-11-12-17(18-16)15-9-7-13(3)8-10-15/h4-12H,1-3H3/b6-4-,14-5+. The molecule has 0 saturated carbocycles. The molecule has 2 rings (SSSR count). The van der Waals surface area contributed by atoms with Gasteiger partial charge in [0, 0.05) is 9.75 Å². The van der Waals surface area contributed by atoms with E-state index in [1.807, 2.05) is 11.3 Å². The monoisotopic (exact) mass is 254 g/mol. The van der Waals surface area contributed by atoms with E-state index in [0.717, 1.165) is 0 Å². The molecule has 1 heterocycles. The first-order valence-electron chi connectivity index (χ1n) is 6.21. The molecule has 18 heavy (non-hydrogen) atoms. The van der Waals surface area contributed by atoms with Crippen LogP contribution >= 0.6 is 11.3 Å². The molecule has 0 saturated heterocycles. The van der Waals surface area contributed by atoms with Crippen molar-refractivity contribution in [3.8, 4) is 10.4 Å². The molecule has 0 atom stereocenters. The summed E-state index contributed by atoms with van der Waals surface area (Å²) in [6.45, 7) is 6.26. The van der Waals surface area contributed by atoms with Crippen molar-refractivity contribution < 1.29 is 0 Å². The highest BCUT2D eigenvalue weighted by Gasteiger charge is 2.04. The summed E-state index contributed by atoms with van der Waals surface area (Å²) in [5, 5.41) is 0. The molecule has 0 radical (unpaired) electrons. The molecule has 0 aliphatic rings. The summed E-state index contributed by atoms with van der Waals surface area (Å²) < 4.78 is 0. The normalized spacial score (nSPS) is 12.3. The zero-order valence-electron chi connectivity index (χ0n) is 11.1. The van der Waals surface area contributed by atoms with Crippen LogP contribution in [0.15, 0.2) is 54.6 Å². The van der Waals surface area contributed by atoms with Gasteiger partial charge in [0.05, 0.1) is 0 Å². The lowest BCUT2D eigenvalue weighted by molar-refractivity contribution is 1.48. The number of hydrogen-bond acceptors (Lipinski definition) is 1. The van der Waals surface area contributed by atoms with Gasteiger partial charge in [-0.1, -0.05) is 48.1 Å². The van der Waals surface area contributed by atoms with Crippen LogP contribution in [0, 0.1) is 6.92 Å². The SMILES string of the molecule is C/C=C\C(=C/C)c1ccc(-c2ccc(C)cc2)s1. The second-order valence-corrected chi connectivity index (χ2v) is 5.36. The Bertz CT molecular complexity index is 568. The van der Waals surface area contributed by atoms with Gasteiger partial charge in [0.15, 0.2) is 0 Å². The first kappa shape index (κ1) is 12.8. The molecule has 0 spiro atoms. The molecule has 0 nitrogen and oxygen atoms in total. The maximum atomic E-state index is 2.21. The van der Waals surface area contributed by atoms with E-state index < -0.39 is 0 Å². The van der Waals surface area contributed by atoms with E-state index in [0.29, 0.717) is 0 Å². The number of rotatable bonds is 3. The Morgan fingerprint density at radius 2 is 1.72 bits per heavy atom. The van der Waals surface area contributed by atoms with E-state index >= 15 is 0 Å². The first-order chi connectivity index (χ1) is 8.74. The lowest BCUT2D eigenvalue weighted by atomic mass is 10.1. The van der Waals surface area contributed by atoms with Crippen molar-refractivity contribution in [3.63, 3.8) is 0 Å². The number of allylic oxidation sites excluding steroid dienone is 4. The molecule has 0 bridgehead atoms. The van der Waals surface area contributed by atoms with Crippen molar-refractivity contribution in [2.45, 2.75) is 20.8 Å². The second-order valence-electron chi connectivity index (χ2n) is 4.27. The van der Waals surface area contributed by atoms with Gasteiger partial charge in [-0.05, 0) is 44.0 Å². The molecule has 0 amide bonds. The summed E-state index contributed by atoms with van der Waals surface area (Å²) in [6, 6.07) is 13.1. The van der Waals surface area contributed by atoms with Crippen molar-refractivity contribution in [3.05, 3.63) is 65.1 Å². The van der Waals surface area contributed by atoms with Gasteiger partial charge in [0.2, 0.25) is 0 Å². The van der Waals surface area contributed by atoms with E-state index in [-0.39, 0.29) is 0 Å². The Labute approximate surface area is 113 Å². The summed E-state index contributed by atoms with van der Waals surface area (Å²) in [4.78, 5) is 2.65. The largest absolute Gasteiger partial charge is 0.135 e. The van der Waals surface area contributed by atoms with E-state index in [1.165, 1.54) is 26.5 Å². The van der Waals surface area contributed by atoms with Crippen LogP contribution in [0.2, 0.25) is 0 Å². The maximum absolute atomic E-state index is 2.21. The molecule has 0 aliphatic carbocycles. The van der Waals surface area contributed by atoms with Crippen molar-refractivity contribution in [1.82, 2.24) is 0 Å². The Hall–Kier alpha value is -1.60. The van der Waals surface area contributed by atoms with Gasteiger partial charge in [0.1, 0.15) is 0 Å². The molecule has 0 unspecified atom stereocenters. The van der Waals surface area contributed by atoms with Crippen LogP contribution in [0.5, 0.6) is 0 Å². The molecule has 0 fully saturated rings. The zero-order valence-corrected chi connectivity index (χ0v) is 11.9. The molecule has 1 heteroatoms. The predicted molar refractivity (Wildman–Crippen MR) is 83.0 cm³/mol. The van der Waals surface area contributed by atoms with Gasteiger partial charge in [-0.25, -0.2) is 0 Å². The fraction of sp³-hybridized carbons (Fsp3) is 0.176. The Morgan fingerprint density at radius 3 is 2.33 bits per heavy atom. The number of benzene rings is 1. The summed E-state index contributed by atoms with van der Waals surface area (Å²) in [5.74, 6) is 0. The fourth-order valence-electron chi connectivity index (χ4n) is 1.87. The third-order valence-electron chi connectivity index (χ3n) is 2.88. The molecule has 1 aromatic carbocycles. The number of aryl methyl sites for hydroxylation is 1. The van der Waals surface area contributed by atoms with Gasteiger partial charge in [0.25, 0.3) is 0 Å². The van der Waals surface area contributed by atoms with Crippen LogP contribution in [-0.2, 0) is 0 Å². The maximum Gasteiger partial charge on any atom is 0.0349 e. The van der Waals surface area contributed by atoms with E-state index in [1.54, 1.807) is 0 Å². The van der Waals surface area contributed by atoms with Crippen LogP contribution in [-0.4, -0.2) is 0 Å². The molecular weight excluding hydrogens is 236 g/mol. The Kier molecular flexibility index (Phi) is 4.16. The molecule has 2 aromatic rings. The van der Waals surface area contributed by atoms with E-state index in [4.69, 9.17) is 0 Å². The summed E-state index contributed by atoms with van der Waals surface area (Å²) in [6.07, 6.45) is 6.40. The minimum absolute atomic E-state index is 1.29. The summed E-state index contributed by atoms with van der Waals surface area (Å²) >= 11 is 1.84. The summed E-state index contributed by atoms with van der Waals surface area (Å²) in [5.41, 5.74) is 3.90. The highest BCUT2D eigenvalue weighted by atomic mass is 32.1. The van der Waals surface area contributed by atoms with Crippen LogP contribution in [0.4, 0.5) is 0 Å². The second kappa shape index (κ2) is 5.83. The van der Waals surface area contributed by atoms with Crippen molar-refractivity contribution >= 4 is 16.9 Å². The Morgan fingerprint density at radius 1 is 1.00 bits per heavy atom. The Balaban J connectivity index is 2.33. The highest BCUT2D eigenvalue weighted by Crippen LogP contribution is 2.32. The molecule has 92 valence electrons.